The van der Waals surface area contributed by atoms with E-state index in [1.807, 2.05) is 0 Å². The third kappa shape index (κ3) is 6.43. The summed E-state index contributed by atoms with van der Waals surface area (Å²) in [6.45, 7) is 1.23. The summed E-state index contributed by atoms with van der Waals surface area (Å²) in [5.74, 6) is 1.02. The molecule has 0 saturated heterocycles. The third-order valence-corrected chi connectivity index (χ3v) is 4.02. The zero-order valence-electron chi connectivity index (χ0n) is 14.1. The Kier molecular flexibility index (Phi) is 7.94. The number of anilines is 1. The van der Waals surface area contributed by atoms with Crippen molar-refractivity contribution >= 4 is 11.7 Å². The molecular formula is C17H28N4O3. The lowest BCUT2D eigenvalue weighted by atomic mass is 10.1. The molecule has 7 nitrogen and oxygen atoms in total. The first-order valence-electron chi connectivity index (χ1n) is 8.62. The molecule has 1 amide bonds. The van der Waals surface area contributed by atoms with Crippen LogP contribution in [-0.2, 0) is 22.4 Å². The third-order valence-electron chi connectivity index (χ3n) is 4.02. The Bertz CT molecular complexity index is 525. The van der Waals surface area contributed by atoms with Crippen molar-refractivity contribution in [2.24, 2.45) is 5.73 Å². The molecule has 1 atom stereocenters. The molecule has 7 heteroatoms. The number of aliphatic hydroxyl groups excluding tert-OH is 1. The maximum absolute atomic E-state index is 11.7. The molecule has 0 radical (unpaired) electrons. The number of ether oxygens (including phenoxy) is 1. The molecule has 1 aliphatic heterocycles. The monoisotopic (exact) mass is 336 g/mol. The lowest BCUT2D eigenvalue weighted by Gasteiger charge is -2.17. The van der Waals surface area contributed by atoms with Crippen molar-refractivity contribution in [1.29, 1.82) is 0 Å². The molecule has 1 aromatic heterocycles. The van der Waals surface area contributed by atoms with Crippen LogP contribution in [0.5, 0.6) is 0 Å². The molecule has 5 N–H and O–H groups in total. The number of hydrogen-bond donors (Lipinski definition) is 4. The van der Waals surface area contributed by atoms with Gasteiger partial charge in [0.25, 0.3) is 0 Å². The van der Waals surface area contributed by atoms with Gasteiger partial charge in [-0.15, -0.1) is 0 Å². The number of nitrogens with zero attached hydrogens (tertiary/aromatic N) is 1. The topological polar surface area (TPSA) is 110 Å². The largest absolute Gasteiger partial charge is 0.371 e. The number of hydrogen-bond acceptors (Lipinski definition) is 6. The number of aryl methyl sites for hydroxylation is 2. The minimum atomic E-state index is -0.353. The number of amides is 1. The van der Waals surface area contributed by atoms with Crippen LogP contribution >= 0.6 is 0 Å². The molecule has 0 aromatic carbocycles. The van der Waals surface area contributed by atoms with E-state index in [1.165, 1.54) is 12.0 Å². The number of unbranched alkanes of at least 4 members (excludes halogenated alkanes) is 1. The van der Waals surface area contributed by atoms with Gasteiger partial charge in [-0.1, -0.05) is 6.07 Å². The summed E-state index contributed by atoms with van der Waals surface area (Å²) in [5.41, 5.74) is 8.10. The maximum atomic E-state index is 11.7. The number of fused-ring (bicyclic) bond motifs is 1. The molecule has 0 bridgehead atoms. The summed E-state index contributed by atoms with van der Waals surface area (Å²) < 4.78 is 4.78. The van der Waals surface area contributed by atoms with E-state index in [-0.39, 0.29) is 25.3 Å². The molecular weight excluding hydrogens is 308 g/mol. The van der Waals surface area contributed by atoms with Gasteiger partial charge in [0.05, 0.1) is 6.61 Å². The van der Waals surface area contributed by atoms with Gasteiger partial charge in [-0.05, 0) is 43.7 Å². The van der Waals surface area contributed by atoms with E-state index in [9.17, 15) is 4.79 Å². The van der Waals surface area contributed by atoms with Gasteiger partial charge in [0, 0.05) is 31.2 Å². The van der Waals surface area contributed by atoms with Crippen molar-refractivity contribution in [3.05, 3.63) is 23.4 Å². The van der Waals surface area contributed by atoms with Crippen LogP contribution in [0.15, 0.2) is 12.1 Å². The minimum absolute atomic E-state index is 0.00508. The molecule has 24 heavy (non-hydrogen) atoms. The second-order valence-electron chi connectivity index (χ2n) is 6.11. The Morgan fingerprint density at radius 3 is 3.17 bits per heavy atom. The van der Waals surface area contributed by atoms with Crippen molar-refractivity contribution in [3.8, 4) is 0 Å². The second kappa shape index (κ2) is 10.2. The Hall–Kier alpha value is -1.70. The zero-order valence-corrected chi connectivity index (χ0v) is 14.1. The fourth-order valence-electron chi connectivity index (χ4n) is 2.70. The molecule has 134 valence electrons. The maximum Gasteiger partial charge on any atom is 0.220 e. The van der Waals surface area contributed by atoms with Crippen molar-refractivity contribution in [2.75, 3.05) is 31.8 Å². The van der Waals surface area contributed by atoms with E-state index in [4.69, 9.17) is 15.6 Å². The van der Waals surface area contributed by atoms with Crippen LogP contribution in [0, 0.1) is 0 Å². The predicted octanol–water partition coefficient (Wildman–Crippen LogP) is 0.562. The fraction of sp³-hybridized carbons (Fsp3) is 0.647. The molecule has 2 rings (SSSR count). The highest BCUT2D eigenvalue weighted by atomic mass is 16.6. The number of nitrogens with one attached hydrogen (secondary N) is 2. The number of nitrogens with two attached hydrogens (primary N) is 1. The van der Waals surface area contributed by atoms with Gasteiger partial charge < -0.3 is 26.2 Å². The first kappa shape index (κ1) is 18.6. The van der Waals surface area contributed by atoms with Gasteiger partial charge in [0.1, 0.15) is 12.6 Å². The molecule has 0 fully saturated rings. The average Bonchev–Trinajstić information content (AvgIpc) is 2.61. The molecule has 0 saturated carbocycles. The van der Waals surface area contributed by atoms with Crippen LogP contribution in [0.2, 0.25) is 0 Å². The van der Waals surface area contributed by atoms with Gasteiger partial charge in [0.15, 0.2) is 0 Å². The number of carbonyl (C=O) groups excluding carboxylic acids is 1. The summed E-state index contributed by atoms with van der Waals surface area (Å²) in [6.07, 6.45) is 5.38. The summed E-state index contributed by atoms with van der Waals surface area (Å²) in [4.78, 5) is 16.4. The van der Waals surface area contributed by atoms with Gasteiger partial charge in [-0.2, -0.15) is 0 Å². The molecule has 0 spiro atoms. The Morgan fingerprint density at radius 2 is 2.33 bits per heavy atom. The molecule has 1 aromatic rings. The Labute approximate surface area is 143 Å². The van der Waals surface area contributed by atoms with Gasteiger partial charge in [-0.3, -0.25) is 4.79 Å². The number of carbonyl (C=O) groups is 1. The standard InChI is InChI=1S/C17H28N4O3/c18-14(11-24-12-22)10-20-16(23)6-2-1-5-15-8-7-13-4-3-9-19-17(13)21-15/h7-8,14,22H,1-6,9-12,18H2,(H,19,21)(H,20,23)/t14-/m0/s1. The molecule has 1 aliphatic rings. The lowest BCUT2D eigenvalue weighted by Crippen LogP contribution is -2.40. The number of rotatable bonds is 10. The van der Waals surface area contributed by atoms with Crippen LogP contribution < -0.4 is 16.4 Å². The first-order valence-corrected chi connectivity index (χ1v) is 8.62. The fourth-order valence-corrected chi connectivity index (χ4v) is 2.70. The number of aromatic nitrogens is 1. The van der Waals surface area contributed by atoms with Crippen LogP contribution in [0.25, 0.3) is 0 Å². The van der Waals surface area contributed by atoms with Gasteiger partial charge in [-0.25, -0.2) is 4.98 Å². The molecule has 2 heterocycles. The van der Waals surface area contributed by atoms with E-state index in [0.29, 0.717) is 13.0 Å². The smallest absolute Gasteiger partial charge is 0.220 e. The highest BCUT2D eigenvalue weighted by molar-refractivity contribution is 5.75. The Balaban J connectivity index is 1.60. The summed E-state index contributed by atoms with van der Waals surface area (Å²) in [5, 5.41) is 14.6. The highest BCUT2D eigenvalue weighted by Gasteiger charge is 2.10. The van der Waals surface area contributed by atoms with Crippen LogP contribution in [0.4, 0.5) is 5.82 Å². The highest BCUT2D eigenvalue weighted by Crippen LogP contribution is 2.20. The number of pyridine rings is 1. The average molecular weight is 336 g/mol. The Morgan fingerprint density at radius 1 is 1.46 bits per heavy atom. The minimum Gasteiger partial charge on any atom is -0.371 e. The molecule has 0 aliphatic carbocycles. The van der Waals surface area contributed by atoms with Crippen LogP contribution in [-0.4, -0.2) is 48.5 Å². The van der Waals surface area contributed by atoms with Crippen LogP contribution in [0.1, 0.15) is 36.9 Å². The summed E-state index contributed by atoms with van der Waals surface area (Å²) in [6, 6.07) is 3.95. The van der Waals surface area contributed by atoms with Crippen molar-refractivity contribution in [2.45, 2.75) is 44.6 Å². The van der Waals surface area contributed by atoms with Crippen molar-refractivity contribution < 1.29 is 14.6 Å². The van der Waals surface area contributed by atoms with E-state index in [0.717, 1.165) is 43.7 Å². The van der Waals surface area contributed by atoms with Crippen molar-refractivity contribution in [3.63, 3.8) is 0 Å². The van der Waals surface area contributed by atoms with E-state index < -0.39 is 0 Å². The molecule has 0 unspecified atom stereocenters. The predicted molar refractivity (Wildman–Crippen MR) is 92.6 cm³/mol. The van der Waals surface area contributed by atoms with E-state index in [2.05, 4.69) is 27.8 Å². The first-order chi connectivity index (χ1) is 11.7. The number of aliphatic hydroxyl groups is 1. The summed E-state index contributed by atoms with van der Waals surface area (Å²) in [7, 11) is 0. The quantitative estimate of drug-likeness (QED) is 0.367. The lowest BCUT2D eigenvalue weighted by molar-refractivity contribution is -0.121. The summed E-state index contributed by atoms with van der Waals surface area (Å²) >= 11 is 0. The zero-order chi connectivity index (χ0) is 17.2. The SMILES string of the molecule is N[C@@H](CNC(=O)CCCCc1ccc2c(n1)NCCC2)COCO. The van der Waals surface area contributed by atoms with E-state index >= 15 is 0 Å². The van der Waals surface area contributed by atoms with Gasteiger partial charge in [0.2, 0.25) is 5.91 Å². The normalized spacial score (nSPS) is 14.6. The van der Waals surface area contributed by atoms with E-state index in [1.54, 1.807) is 0 Å². The van der Waals surface area contributed by atoms with Gasteiger partial charge >= 0.3 is 0 Å². The second-order valence-corrected chi connectivity index (χ2v) is 6.11. The van der Waals surface area contributed by atoms with Crippen molar-refractivity contribution in [1.82, 2.24) is 10.3 Å². The van der Waals surface area contributed by atoms with Crippen LogP contribution in [0.3, 0.4) is 0 Å².